The Morgan fingerprint density at radius 3 is 2.55 bits per heavy atom. The van der Waals surface area contributed by atoms with Crippen molar-refractivity contribution >= 4 is 27.7 Å². The lowest BCUT2D eigenvalue weighted by Crippen LogP contribution is -2.52. The van der Waals surface area contributed by atoms with Gasteiger partial charge >= 0.3 is 0 Å². The second-order valence-electron chi connectivity index (χ2n) is 5.74. The highest BCUT2D eigenvalue weighted by atomic mass is 79.9. The van der Waals surface area contributed by atoms with E-state index in [2.05, 4.69) is 26.6 Å². The standard InChI is InChI=1S/C16H22BrN3O2/c17-13-6-3-5-12(11-13)14(21)19-9-4-10-20-15(22)16(18)7-1-2-8-16/h3,5-6,11H,1-2,4,7-10,18H2,(H,19,21)(H,20,22). The minimum atomic E-state index is -0.681. The molecule has 6 heteroatoms. The minimum absolute atomic E-state index is 0.0664. The van der Waals surface area contributed by atoms with E-state index in [0.717, 1.165) is 30.2 Å². The summed E-state index contributed by atoms with van der Waals surface area (Å²) in [7, 11) is 0. The summed E-state index contributed by atoms with van der Waals surface area (Å²) in [6.07, 6.45) is 4.25. The summed E-state index contributed by atoms with van der Waals surface area (Å²) in [5, 5.41) is 5.70. The van der Waals surface area contributed by atoms with E-state index in [1.165, 1.54) is 0 Å². The van der Waals surface area contributed by atoms with Crippen LogP contribution in [-0.2, 0) is 4.79 Å². The van der Waals surface area contributed by atoms with Gasteiger partial charge in [-0.2, -0.15) is 0 Å². The van der Waals surface area contributed by atoms with Gasteiger partial charge in [-0.3, -0.25) is 9.59 Å². The van der Waals surface area contributed by atoms with Gasteiger partial charge in [-0.1, -0.05) is 34.8 Å². The number of nitrogens with one attached hydrogen (secondary N) is 2. The fraction of sp³-hybridized carbons (Fsp3) is 0.500. The Morgan fingerprint density at radius 2 is 1.86 bits per heavy atom. The summed E-state index contributed by atoms with van der Waals surface area (Å²) in [5.74, 6) is -0.179. The SMILES string of the molecule is NC1(C(=O)NCCCNC(=O)c2cccc(Br)c2)CCCC1. The maximum Gasteiger partial charge on any atom is 0.251 e. The normalized spacial score (nSPS) is 16.3. The van der Waals surface area contributed by atoms with E-state index in [9.17, 15) is 9.59 Å². The first-order valence-electron chi connectivity index (χ1n) is 7.62. The summed E-state index contributed by atoms with van der Waals surface area (Å²) in [4.78, 5) is 23.9. The third kappa shape index (κ3) is 4.55. The summed E-state index contributed by atoms with van der Waals surface area (Å²) >= 11 is 3.34. The molecule has 0 saturated heterocycles. The highest BCUT2D eigenvalue weighted by Gasteiger charge is 2.36. The van der Waals surface area contributed by atoms with E-state index < -0.39 is 5.54 Å². The van der Waals surface area contributed by atoms with Gasteiger partial charge in [0.2, 0.25) is 5.91 Å². The fourth-order valence-corrected chi connectivity index (χ4v) is 3.03. The van der Waals surface area contributed by atoms with Gasteiger partial charge in [0.05, 0.1) is 5.54 Å². The summed E-state index contributed by atoms with van der Waals surface area (Å²) in [6.45, 7) is 1.04. The summed E-state index contributed by atoms with van der Waals surface area (Å²) in [5.41, 5.74) is 6.00. The third-order valence-electron chi connectivity index (χ3n) is 3.96. The van der Waals surface area contributed by atoms with Gasteiger partial charge < -0.3 is 16.4 Å². The van der Waals surface area contributed by atoms with Gasteiger partial charge in [0.15, 0.2) is 0 Å². The number of hydrogen-bond donors (Lipinski definition) is 3. The molecule has 22 heavy (non-hydrogen) atoms. The van der Waals surface area contributed by atoms with E-state index in [-0.39, 0.29) is 11.8 Å². The zero-order valence-electron chi connectivity index (χ0n) is 12.5. The summed E-state index contributed by atoms with van der Waals surface area (Å²) < 4.78 is 0.872. The molecule has 1 saturated carbocycles. The van der Waals surface area contributed by atoms with Crippen LogP contribution in [0.2, 0.25) is 0 Å². The molecular formula is C16H22BrN3O2. The number of carbonyl (C=O) groups excluding carboxylic acids is 2. The molecule has 0 atom stereocenters. The lowest BCUT2D eigenvalue weighted by Gasteiger charge is -2.22. The van der Waals surface area contributed by atoms with Crippen LogP contribution >= 0.6 is 15.9 Å². The van der Waals surface area contributed by atoms with E-state index in [1.807, 2.05) is 12.1 Å². The molecule has 0 spiro atoms. The Hall–Kier alpha value is -1.40. The number of hydrogen-bond acceptors (Lipinski definition) is 3. The van der Waals surface area contributed by atoms with E-state index in [1.54, 1.807) is 12.1 Å². The van der Waals surface area contributed by atoms with Gasteiger partial charge in [-0.25, -0.2) is 0 Å². The Bertz CT molecular complexity index is 542. The highest BCUT2D eigenvalue weighted by molar-refractivity contribution is 9.10. The van der Waals surface area contributed by atoms with Crippen molar-refractivity contribution in [2.45, 2.75) is 37.6 Å². The predicted octanol–water partition coefficient (Wildman–Crippen LogP) is 1.96. The second-order valence-corrected chi connectivity index (χ2v) is 6.65. The monoisotopic (exact) mass is 367 g/mol. The smallest absolute Gasteiger partial charge is 0.251 e. The molecule has 0 aromatic heterocycles. The van der Waals surface area contributed by atoms with Crippen molar-refractivity contribution in [1.29, 1.82) is 0 Å². The van der Waals surface area contributed by atoms with Gasteiger partial charge in [0.25, 0.3) is 5.91 Å². The zero-order valence-corrected chi connectivity index (χ0v) is 14.1. The molecule has 1 aliphatic carbocycles. The van der Waals surface area contributed by atoms with Crippen molar-refractivity contribution in [2.75, 3.05) is 13.1 Å². The lowest BCUT2D eigenvalue weighted by molar-refractivity contribution is -0.126. The zero-order chi connectivity index (χ0) is 16.0. The molecule has 0 bridgehead atoms. The maximum atomic E-state index is 12.0. The number of nitrogens with two attached hydrogens (primary N) is 1. The van der Waals surface area contributed by atoms with Crippen LogP contribution in [0.1, 0.15) is 42.5 Å². The van der Waals surface area contributed by atoms with Crippen LogP contribution in [0.25, 0.3) is 0 Å². The predicted molar refractivity (Wildman–Crippen MR) is 89.5 cm³/mol. The van der Waals surface area contributed by atoms with Crippen molar-refractivity contribution in [2.24, 2.45) is 5.73 Å². The minimum Gasteiger partial charge on any atom is -0.354 e. The molecular weight excluding hydrogens is 346 g/mol. The molecule has 1 fully saturated rings. The molecule has 0 radical (unpaired) electrons. The van der Waals surface area contributed by atoms with Crippen LogP contribution in [0.4, 0.5) is 0 Å². The van der Waals surface area contributed by atoms with Crippen LogP contribution in [0, 0.1) is 0 Å². The molecule has 0 aliphatic heterocycles. The molecule has 0 heterocycles. The number of benzene rings is 1. The fourth-order valence-electron chi connectivity index (χ4n) is 2.63. The molecule has 0 unspecified atom stereocenters. The Morgan fingerprint density at radius 1 is 1.18 bits per heavy atom. The molecule has 1 aromatic carbocycles. The first-order valence-corrected chi connectivity index (χ1v) is 8.41. The largest absolute Gasteiger partial charge is 0.354 e. The quantitative estimate of drug-likeness (QED) is 0.671. The average molecular weight is 368 g/mol. The molecule has 1 aliphatic rings. The summed E-state index contributed by atoms with van der Waals surface area (Å²) in [6, 6.07) is 7.23. The highest BCUT2D eigenvalue weighted by Crippen LogP contribution is 2.27. The van der Waals surface area contributed by atoms with Crippen LogP contribution in [0.3, 0.4) is 0 Å². The van der Waals surface area contributed by atoms with Crippen molar-refractivity contribution in [3.05, 3.63) is 34.3 Å². The number of rotatable bonds is 6. The van der Waals surface area contributed by atoms with Crippen LogP contribution in [-0.4, -0.2) is 30.4 Å². The second kappa shape index (κ2) is 7.74. The van der Waals surface area contributed by atoms with E-state index >= 15 is 0 Å². The average Bonchev–Trinajstić information content (AvgIpc) is 2.94. The number of amides is 2. The molecule has 4 N–H and O–H groups in total. The van der Waals surface area contributed by atoms with Gasteiger partial charge in [0.1, 0.15) is 0 Å². The van der Waals surface area contributed by atoms with Gasteiger partial charge in [-0.05, 0) is 37.5 Å². The Labute approximate surface area is 139 Å². The third-order valence-corrected chi connectivity index (χ3v) is 4.45. The first-order chi connectivity index (χ1) is 10.5. The molecule has 120 valence electrons. The molecule has 2 amide bonds. The molecule has 5 nitrogen and oxygen atoms in total. The van der Waals surface area contributed by atoms with E-state index in [0.29, 0.717) is 25.1 Å². The Kier molecular flexibility index (Phi) is 5.97. The Balaban J connectivity index is 1.65. The van der Waals surface area contributed by atoms with Crippen molar-refractivity contribution in [1.82, 2.24) is 10.6 Å². The lowest BCUT2D eigenvalue weighted by atomic mass is 9.98. The van der Waals surface area contributed by atoms with Gasteiger partial charge in [0, 0.05) is 23.1 Å². The van der Waals surface area contributed by atoms with E-state index in [4.69, 9.17) is 5.73 Å². The topological polar surface area (TPSA) is 84.2 Å². The molecule has 1 aromatic rings. The molecule has 2 rings (SSSR count). The first kappa shape index (κ1) is 17.0. The number of carbonyl (C=O) groups is 2. The maximum absolute atomic E-state index is 12.0. The van der Waals surface area contributed by atoms with Crippen molar-refractivity contribution in [3.63, 3.8) is 0 Å². The van der Waals surface area contributed by atoms with Crippen molar-refractivity contribution in [3.8, 4) is 0 Å². The van der Waals surface area contributed by atoms with Crippen molar-refractivity contribution < 1.29 is 9.59 Å². The van der Waals surface area contributed by atoms with Crippen LogP contribution in [0.15, 0.2) is 28.7 Å². The van der Waals surface area contributed by atoms with Gasteiger partial charge in [-0.15, -0.1) is 0 Å². The van der Waals surface area contributed by atoms with Crippen LogP contribution in [0.5, 0.6) is 0 Å². The number of halogens is 1. The van der Waals surface area contributed by atoms with Crippen LogP contribution < -0.4 is 16.4 Å².